The Bertz CT molecular complexity index is 593. The minimum absolute atomic E-state index is 0.269. The lowest BCUT2D eigenvalue weighted by Crippen LogP contribution is -2.52. The normalized spacial score (nSPS) is 20.8. The Morgan fingerprint density at radius 3 is 2.56 bits per heavy atom. The number of ether oxygens (including phenoxy) is 2. The largest absolute Gasteiger partial charge is 0.381 e. The molecule has 0 radical (unpaired) electrons. The molecule has 2 aliphatic heterocycles. The monoisotopic (exact) mass is 341 g/mol. The van der Waals surface area contributed by atoms with Crippen molar-refractivity contribution < 1.29 is 14.3 Å². The van der Waals surface area contributed by atoms with Crippen molar-refractivity contribution >= 4 is 5.91 Å². The van der Waals surface area contributed by atoms with Crippen LogP contribution < -0.4 is 0 Å². The van der Waals surface area contributed by atoms with E-state index >= 15 is 0 Å². The predicted octanol–water partition coefficient (Wildman–Crippen LogP) is 2.62. The van der Waals surface area contributed by atoms with Gasteiger partial charge in [0.15, 0.2) is 0 Å². The highest BCUT2D eigenvalue weighted by molar-refractivity contribution is 5.88. The lowest BCUT2D eigenvalue weighted by Gasteiger charge is -2.42. The van der Waals surface area contributed by atoms with Crippen LogP contribution in [-0.4, -0.2) is 50.3 Å². The van der Waals surface area contributed by atoms with Gasteiger partial charge >= 0.3 is 0 Å². The maximum absolute atomic E-state index is 13.5. The van der Waals surface area contributed by atoms with E-state index in [1.807, 2.05) is 18.2 Å². The highest BCUT2D eigenvalue weighted by atomic mass is 16.5. The molecule has 1 aromatic rings. The number of hydrogen-bond acceptors (Lipinski definition) is 3. The van der Waals surface area contributed by atoms with Gasteiger partial charge in [0, 0.05) is 26.3 Å². The van der Waals surface area contributed by atoms with Crippen molar-refractivity contribution in [3.63, 3.8) is 0 Å². The lowest BCUT2D eigenvalue weighted by atomic mass is 9.72. The molecule has 0 aliphatic carbocycles. The summed E-state index contributed by atoms with van der Waals surface area (Å²) in [7, 11) is 0. The van der Waals surface area contributed by atoms with Gasteiger partial charge in [-0.15, -0.1) is 6.42 Å². The van der Waals surface area contributed by atoms with E-state index in [2.05, 4.69) is 23.0 Å². The van der Waals surface area contributed by atoms with E-state index < -0.39 is 5.41 Å². The van der Waals surface area contributed by atoms with Gasteiger partial charge in [-0.3, -0.25) is 4.79 Å². The van der Waals surface area contributed by atoms with E-state index in [1.54, 1.807) is 0 Å². The lowest BCUT2D eigenvalue weighted by molar-refractivity contribution is -0.143. The molecule has 0 atom stereocenters. The molecule has 25 heavy (non-hydrogen) atoms. The average molecular weight is 341 g/mol. The first kappa shape index (κ1) is 18.0. The molecule has 1 aromatic carbocycles. The minimum atomic E-state index is -0.424. The molecule has 0 bridgehead atoms. The highest BCUT2D eigenvalue weighted by Gasteiger charge is 2.44. The van der Waals surface area contributed by atoms with Crippen LogP contribution >= 0.6 is 0 Å². The van der Waals surface area contributed by atoms with Crippen LogP contribution in [0.25, 0.3) is 0 Å². The second-order valence-corrected chi connectivity index (χ2v) is 7.02. The van der Waals surface area contributed by atoms with Crippen LogP contribution in [-0.2, 0) is 19.7 Å². The predicted molar refractivity (Wildman–Crippen MR) is 97.1 cm³/mol. The summed E-state index contributed by atoms with van der Waals surface area (Å²) in [6.07, 6.45) is 8.72. The Morgan fingerprint density at radius 1 is 1.24 bits per heavy atom. The number of amides is 1. The number of carbonyl (C=O) groups is 1. The van der Waals surface area contributed by atoms with Gasteiger partial charge in [-0.05, 0) is 37.2 Å². The summed E-state index contributed by atoms with van der Waals surface area (Å²) in [5.74, 6) is 3.27. The van der Waals surface area contributed by atoms with Crippen molar-refractivity contribution in [2.24, 2.45) is 5.92 Å². The molecule has 0 spiro atoms. The molecule has 0 saturated carbocycles. The van der Waals surface area contributed by atoms with Gasteiger partial charge in [0.2, 0.25) is 5.91 Å². The molecule has 2 saturated heterocycles. The minimum Gasteiger partial charge on any atom is -0.381 e. The van der Waals surface area contributed by atoms with Crippen molar-refractivity contribution in [3.05, 3.63) is 35.9 Å². The fraction of sp³-hybridized carbons (Fsp3) is 0.571. The fourth-order valence-electron chi connectivity index (χ4n) is 3.99. The Labute approximate surface area is 150 Å². The Balaban J connectivity index is 1.67. The third-order valence-electron chi connectivity index (χ3n) is 5.52. The number of likely N-dealkylation sites (tertiary alicyclic amines) is 1. The van der Waals surface area contributed by atoms with E-state index in [0.717, 1.165) is 44.3 Å². The zero-order chi connectivity index (χ0) is 17.5. The van der Waals surface area contributed by atoms with Crippen LogP contribution in [0.3, 0.4) is 0 Å². The number of piperidine rings is 1. The number of terminal acetylenes is 1. The van der Waals surface area contributed by atoms with E-state index in [0.29, 0.717) is 32.3 Å². The van der Waals surface area contributed by atoms with Gasteiger partial charge in [-0.1, -0.05) is 36.3 Å². The maximum Gasteiger partial charge on any atom is 0.233 e. The van der Waals surface area contributed by atoms with E-state index in [1.165, 1.54) is 0 Å². The molecule has 0 N–H and O–H groups in total. The van der Waals surface area contributed by atoms with E-state index in [4.69, 9.17) is 15.9 Å². The zero-order valence-electron chi connectivity index (χ0n) is 14.8. The van der Waals surface area contributed by atoms with Gasteiger partial charge in [-0.25, -0.2) is 0 Å². The number of hydrogen-bond donors (Lipinski definition) is 0. The number of carbonyl (C=O) groups excluding carboxylic acids is 1. The number of benzene rings is 1. The average Bonchev–Trinajstić information content (AvgIpc) is 2.69. The fourth-order valence-corrected chi connectivity index (χ4v) is 3.99. The van der Waals surface area contributed by atoms with Crippen molar-refractivity contribution in [2.45, 2.75) is 31.1 Å². The van der Waals surface area contributed by atoms with Crippen LogP contribution in [0.4, 0.5) is 0 Å². The molecule has 4 heteroatoms. The summed E-state index contributed by atoms with van der Waals surface area (Å²) >= 11 is 0. The summed E-state index contributed by atoms with van der Waals surface area (Å²) in [4.78, 5) is 15.5. The van der Waals surface area contributed by atoms with Crippen molar-refractivity contribution in [1.82, 2.24) is 4.90 Å². The SMILES string of the molecule is C#CCOCC1CCN(C(=O)C2(c3ccccc3)CCOCC2)CC1. The molecule has 0 aromatic heterocycles. The van der Waals surface area contributed by atoms with Gasteiger partial charge < -0.3 is 14.4 Å². The van der Waals surface area contributed by atoms with E-state index in [-0.39, 0.29) is 5.91 Å². The van der Waals surface area contributed by atoms with Crippen molar-refractivity contribution in [3.8, 4) is 12.3 Å². The third kappa shape index (κ3) is 4.05. The van der Waals surface area contributed by atoms with Crippen LogP contribution in [0.2, 0.25) is 0 Å². The zero-order valence-corrected chi connectivity index (χ0v) is 14.8. The first-order chi connectivity index (χ1) is 12.3. The third-order valence-corrected chi connectivity index (χ3v) is 5.52. The molecule has 3 rings (SSSR count). The maximum atomic E-state index is 13.5. The topological polar surface area (TPSA) is 38.8 Å². The van der Waals surface area contributed by atoms with Gasteiger partial charge in [0.25, 0.3) is 0 Å². The Morgan fingerprint density at radius 2 is 1.92 bits per heavy atom. The first-order valence-electron chi connectivity index (χ1n) is 9.20. The van der Waals surface area contributed by atoms with Crippen LogP contribution in [0.1, 0.15) is 31.2 Å². The van der Waals surface area contributed by atoms with Crippen LogP contribution in [0.5, 0.6) is 0 Å². The van der Waals surface area contributed by atoms with Crippen LogP contribution in [0.15, 0.2) is 30.3 Å². The van der Waals surface area contributed by atoms with Crippen molar-refractivity contribution in [2.75, 3.05) is 39.5 Å². The molecule has 134 valence electrons. The summed E-state index contributed by atoms with van der Waals surface area (Å²) in [5, 5.41) is 0. The molecule has 0 unspecified atom stereocenters. The van der Waals surface area contributed by atoms with Crippen LogP contribution in [0, 0.1) is 18.3 Å². The molecular formula is C21H27NO3. The summed E-state index contributed by atoms with van der Waals surface area (Å²) < 4.78 is 11.0. The standard InChI is InChI=1S/C21H27NO3/c1-2-14-25-17-18-8-12-22(13-9-18)20(23)21(10-15-24-16-11-21)19-6-4-3-5-7-19/h1,3-7,18H,8-17H2. The smallest absolute Gasteiger partial charge is 0.233 e. The van der Waals surface area contributed by atoms with E-state index in [9.17, 15) is 4.79 Å². The van der Waals surface area contributed by atoms with Gasteiger partial charge in [0.05, 0.1) is 12.0 Å². The molecule has 2 heterocycles. The summed E-state index contributed by atoms with van der Waals surface area (Å²) in [6, 6.07) is 10.2. The summed E-state index contributed by atoms with van der Waals surface area (Å²) in [5.41, 5.74) is 0.703. The second kappa shape index (κ2) is 8.51. The second-order valence-electron chi connectivity index (χ2n) is 7.02. The quantitative estimate of drug-likeness (QED) is 0.610. The molecule has 4 nitrogen and oxygen atoms in total. The number of rotatable bonds is 5. The highest BCUT2D eigenvalue weighted by Crippen LogP contribution is 2.37. The molecule has 2 fully saturated rings. The summed E-state index contributed by atoms with van der Waals surface area (Å²) in [6.45, 7) is 3.98. The molecule has 2 aliphatic rings. The number of nitrogens with zero attached hydrogens (tertiary/aromatic N) is 1. The van der Waals surface area contributed by atoms with Gasteiger partial charge in [0.1, 0.15) is 6.61 Å². The van der Waals surface area contributed by atoms with Gasteiger partial charge in [-0.2, -0.15) is 0 Å². The Kier molecular flexibility index (Phi) is 6.12. The molecular weight excluding hydrogens is 314 g/mol. The molecule has 1 amide bonds. The Hall–Kier alpha value is -1.83. The first-order valence-corrected chi connectivity index (χ1v) is 9.20. The van der Waals surface area contributed by atoms with Crippen molar-refractivity contribution in [1.29, 1.82) is 0 Å².